The second kappa shape index (κ2) is 10.6. The third kappa shape index (κ3) is 4.71. The van der Waals surface area contributed by atoms with Crippen molar-refractivity contribution in [3.8, 4) is 0 Å². The SMILES string of the molecule is CCC(NC)(C(N)=O)[C@@H](C(=O)N1CCC[C@H]1c1nnn(Cc2ccccc2)n1)C1CCCCC1. The number of rotatable bonds is 9. The molecule has 1 aliphatic carbocycles. The van der Waals surface area contributed by atoms with Crippen LogP contribution in [0.2, 0.25) is 0 Å². The van der Waals surface area contributed by atoms with E-state index in [1.807, 2.05) is 42.2 Å². The van der Waals surface area contributed by atoms with Crippen molar-refractivity contribution in [1.82, 2.24) is 30.4 Å². The average molecular weight is 468 g/mol. The van der Waals surface area contributed by atoms with Gasteiger partial charge in [-0.3, -0.25) is 9.59 Å². The van der Waals surface area contributed by atoms with Crippen molar-refractivity contribution < 1.29 is 9.59 Å². The molecule has 1 aromatic carbocycles. The zero-order chi connectivity index (χ0) is 24.1. The molecule has 1 aromatic heterocycles. The summed E-state index contributed by atoms with van der Waals surface area (Å²) in [5, 5.41) is 16.4. The van der Waals surface area contributed by atoms with Crippen LogP contribution in [0.3, 0.4) is 0 Å². The van der Waals surface area contributed by atoms with E-state index in [0.717, 1.165) is 44.1 Å². The van der Waals surface area contributed by atoms with E-state index in [4.69, 9.17) is 5.73 Å². The van der Waals surface area contributed by atoms with E-state index in [1.165, 1.54) is 6.42 Å². The number of hydrogen-bond acceptors (Lipinski definition) is 6. The molecule has 3 atom stereocenters. The van der Waals surface area contributed by atoms with Gasteiger partial charge < -0.3 is 16.0 Å². The summed E-state index contributed by atoms with van der Waals surface area (Å²) in [6, 6.07) is 9.75. The molecule has 2 amide bonds. The van der Waals surface area contributed by atoms with Gasteiger partial charge in [-0.15, -0.1) is 10.2 Å². The minimum atomic E-state index is -1.06. The number of tetrazole rings is 1. The van der Waals surface area contributed by atoms with Crippen molar-refractivity contribution in [2.24, 2.45) is 17.6 Å². The Morgan fingerprint density at radius 2 is 1.88 bits per heavy atom. The normalized spacial score (nSPS) is 21.8. The van der Waals surface area contributed by atoms with Gasteiger partial charge in [0.15, 0.2) is 5.82 Å². The first-order valence-corrected chi connectivity index (χ1v) is 12.6. The molecule has 1 aliphatic heterocycles. The highest BCUT2D eigenvalue weighted by Crippen LogP contribution is 2.41. The van der Waals surface area contributed by atoms with E-state index >= 15 is 0 Å². The monoisotopic (exact) mass is 467 g/mol. The predicted octanol–water partition coefficient (Wildman–Crippen LogP) is 2.43. The molecule has 1 saturated carbocycles. The van der Waals surface area contributed by atoms with Crippen LogP contribution >= 0.6 is 0 Å². The van der Waals surface area contributed by atoms with Crippen LogP contribution in [-0.2, 0) is 16.1 Å². The van der Waals surface area contributed by atoms with Crippen LogP contribution in [0.25, 0.3) is 0 Å². The van der Waals surface area contributed by atoms with Crippen LogP contribution in [0.1, 0.15) is 75.7 Å². The molecule has 184 valence electrons. The Morgan fingerprint density at radius 3 is 2.53 bits per heavy atom. The van der Waals surface area contributed by atoms with Crippen molar-refractivity contribution in [1.29, 1.82) is 0 Å². The van der Waals surface area contributed by atoms with Gasteiger partial charge in [0.05, 0.1) is 18.5 Å². The maximum absolute atomic E-state index is 14.2. The third-order valence-corrected chi connectivity index (χ3v) is 7.83. The van der Waals surface area contributed by atoms with Crippen LogP contribution in [0, 0.1) is 11.8 Å². The zero-order valence-electron chi connectivity index (χ0n) is 20.3. The Labute approximate surface area is 201 Å². The lowest BCUT2D eigenvalue weighted by Crippen LogP contribution is -2.64. The Bertz CT molecular complexity index is 967. The molecular weight excluding hydrogens is 430 g/mol. The van der Waals surface area contributed by atoms with Gasteiger partial charge in [-0.05, 0) is 55.8 Å². The number of nitrogens with two attached hydrogens (primary N) is 1. The Morgan fingerprint density at radius 1 is 1.15 bits per heavy atom. The number of hydrogen-bond donors (Lipinski definition) is 2. The topological polar surface area (TPSA) is 119 Å². The zero-order valence-corrected chi connectivity index (χ0v) is 20.3. The predicted molar refractivity (Wildman–Crippen MR) is 128 cm³/mol. The molecule has 0 radical (unpaired) electrons. The molecule has 3 N–H and O–H groups in total. The summed E-state index contributed by atoms with van der Waals surface area (Å²) in [7, 11) is 1.75. The lowest BCUT2D eigenvalue weighted by molar-refractivity contribution is -0.148. The standard InChI is InChI=1S/C25H37N7O2/c1-3-25(27-2,24(26)34)21(19-13-8-5-9-14-19)23(33)31-16-10-15-20(31)22-28-30-32(29-22)17-18-11-6-4-7-12-18/h4,6-7,11-12,19-21,27H,3,5,8-10,13-17H2,1-2H3,(H2,26,34)/t20-,21+,25?/m0/s1. The molecule has 4 rings (SSSR count). The highest BCUT2D eigenvalue weighted by atomic mass is 16.2. The van der Waals surface area contributed by atoms with Crippen LogP contribution in [0.5, 0.6) is 0 Å². The summed E-state index contributed by atoms with van der Waals surface area (Å²) in [6.07, 6.45) is 7.34. The minimum absolute atomic E-state index is 0.0104. The van der Waals surface area contributed by atoms with Gasteiger partial charge in [0.25, 0.3) is 0 Å². The summed E-state index contributed by atoms with van der Waals surface area (Å²) in [5.41, 5.74) is 5.97. The van der Waals surface area contributed by atoms with E-state index in [1.54, 1.807) is 11.8 Å². The highest BCUT2D eigenvalue weighted by molar-refractivity contribution is 5.93. The summed E-state index contributed by atoms with van der Waals surface area (Å²) in [5.74, 6) is -0.271. The fourth-order valence-electron chi connectivity index (χ4n) is 5.97. The number of carbonyl (C=O) groups excluding carboxylic acids is 2. The van der Waals surface area contributed by atoms with Crippen molar-refractivity contribution in [3.05, 3.63) is 41.7 Å². The van der Waals surface area contributed by atoms with Gasteiger partial charge in [0.1, 0.15) is 5.54 Å². The molecule has 2 aromatic rings. The molecule has 2 fully saturated rings. The van der Waals surface area contributed by atoms with Crippen LogP contribution in [0.4, 0.5) is 0 Å². The van der Waals surface area contributed by atoms with Crippen molar-refractivity contribution in [3.63, 3.8) is 0 Å². The second-order valence-electron chi connectivity index (χ2n) is 9.67. The van der Waals surface area contributed by atoms with E-state index in [0.29, 0.717) is 25.3 Å². The van der Waals surface area contributed by atoms with E-state index in [-0.39, 0.29) is 17.9 Å². The minimum Gasteiger partial charge on any atom is -0.368 e. The van der Waals surface area contributed by atoms with Gasteiger partial charge in [0, 0.05) is 6.54 Å². The Balaban J connectivity index is 1.60. The molecule has 2 heterocycles. The number of likely N-dealkylation sites (tertiary alicyclic amines) is 1. The lowest BCUT2D eigenvalue weighted by atomic mass is 9.68. The molecule has 9 nitrogen and oxygen atoms in total. The van der Waals surface area contributed by atoms with Gasteiger partial charge in [-0.25, -0.2) is 0 Å². The lowest BCUT2D eigenvalue weighted by Gasteiger charge is -2.44. The van der Waals surface area contributed by atoms with Crippen molar-refractivity contribution >= 4 is 11.8 Å². The fraction of sp³-hybridized carbons (Fsp3) is 0.640. The molecule has 1 saturated heterocycles. The maximum Gasteiger partial charge on any atom is 0.238 e. The highest BCUT2D eigenvalue weighted by Gasteiger charge is 2.52. The second-order valence-corrected chi connectivity index (χ2v) is 9.67. The van der Waals surface area contributed by atoms with E-state index in [9.17, 15) is 9.59 Å². The molecule has 9 heteroatoms. The molecule has 34 heavy (non-hydrogen) atoms. The quantitative estimate of drug-likeness (QED) is 0.585. The number of carbonyl (C=O) groups is 2. The number of amides is 2. The largest absolute Gasteiger partial charge is 0.368 e. The van der Waals surface area contributed by atoms with Crippen LogP contribution in [0.15, 0.2) is 30.3 Å². The van der Waals surface area contributed by atoms with Gasteiger partial charge in [-0.1, -0.05) is 56.5 Å². The van der Waals surface area contributed by atoms with Crippen molar-refractivity contribution in [2.75, 3.05) is 13.6 Å². The summed E-state index contributed by atoms with van der Waals surface area (Å²) < 4.78 is 0. The first kappa shape index (κ1) is 24.3. The van der Waals surface area contributed by atoms with Gasteiger partial charge >= 0.3 is 0 Å². The summed E-state index contributed by atoms with van der Waals surface area (Å²) in [4.78, 5) is 30.4. The number of nitrogens with one attached hydrogen (secondary N) is 1. The van der Waals surface area contributed by atoms with Crippen LogP contribution < -0.4 is 11.1 Å². The number of benzene rings is 1. The van der Waals surface area contributed by atoms with Gasteiger partial charge in [0.2, 0.25) is 11.8 Å². The van der Waals surface area contributed by atoms with Gasteiger partial charge in [-0.2, -0.15) is 4.80 Å². The van der Waals surface area contributed by atoms with Crippen LogP contribution in [-0.4, -0.2) is 56.1 Å². The number of nitrogens with zero attached hydrogens (tertiary/aromatic N) is 5. The number of likely N-dealkylation sites (N-methyl/N-ethyl adjacent to an activating group) is 1. The Hall–Kier alpha value is -2.81. The maximum atomic E-state index is 14.2. The number of primary amides is 1. The summed E-state index contributed by atoms with van der Waals surface area (Å²) in [6.45, 7) is 3.09. The number of aromatic nitrogens is 4. The molecular formula is C25H37N7O2. The van der Waals surface area contributed by atoms with E-state index < -0.39 is 17.4 Å². The first-order valence-electron chi connectivity index (χ1n) is 12.6. The van der Waals surface area contributed by atoms with E-state index in [2.05, 4.69) is 20.7 Å². The fourth-order valence-corrected chi connectivity index (χ4v) is 5.97. The molecule has 1 unspecified atom stereocenters. The first-order chi connectivity index (χ1) is 16.5. The average Bonchev–Trinajstić information content (AvgIpc) is 3.53. The smallest absolute Gasteiger partial charge is 0.238 e. The summed E-state index contributed by atoms with van der Waals surface area (Å²) >= 11 is 0. The van der Waals surface area contributed by atoms with Crippen molar-refractivity contribution in [2.45, 2.75) is 76.4 Å². The molecule has 0 spiro atoms. The third-order valence-electron chi connectivity index (χ3n) is 7.83. The molecule has 2 aliphatic rings. The Kier molecular flexibility index (Phi) is 7.60. The molecule has 0 bridgehead atoms.